The van der Waals surface area contributed by atoms with Crippen LogP contribution in [0.4, 0.5) is 4.79 Å². The first-order chi connectivity index (χ1) is 18.6. The molecule has 1 heterocycles. The minimum Gasteiger partial charge on any atom is -1.00 e. The van der Waals surface area contributed by atoms with Crippen molar-refractivity contribution in [3.8, 4) is 0 Å². The van der Waals surface area contributed by atoms with Crippen LogP contribution < -0.4 is 21.5 Å². The third kappa shape index (κ3) is 24.9. The van der Waals surface area contributed by atoms with Gasteiger partial charge in [0.1, 0.15) is 19.8 Å². The first-order valence-electron chi connectivity index (χ1n) is 15.2. The molecular formula is C32H54BrNO5. The summed E-state index contributed by atoms with van der Waals surface area (Å²) in [6.07, 6.45) is 24.6. The van der Waals surface area contributed by atoms with E-state index in [4.69, 9.17) is 14.2 Å². The van der Waals surface area contributed by atoms with Gasteiger partial charge in [0.25, 0.3) is 0 Å². The van der Waals surface area contributed by atoms with Gasteiger partial charge >= 0.3 is 12.1 Å². The standard InChI is InChI=1S/C32H54NO5.BrH/c1-3-4-5-6-7-8-9-10-11-12-13-14-15-22-27-36-32(35)38-29-30(2)28-37-31(34)23-18-16-19-24-33-25-20-17-21-26-33;/h17,20-21,25-26H,2-16,18-19,22-24,27-29H2,1H3;1H/q+1;/p-1. The van der Waals surface area contributed by atoms with Crippen LogP contribution in [-0.4, -0.2) is 31.9 Å². The molecule has 0 atom stereocenters. The van der Waals surface area contributed by atoms with Crippen LogP contribution in [-0.2, 0) is 25.5 Å². The van der Waals surface area contributed by atoms with Gasteiger partial charge in [0, 0.05) is 25.0 Å². The number of aryl methyl sites for hydroxylation is 1. The fourth-order valence-corrected chi connectivity index (χ4v) is 4.28. The summed E-state index contributed by atoms with van der Waals surface area (Å²) in [5, 5.41) is 0. The van der Waals surface area contributed by atoms with E-state index in [0.29, 0.717) is 18.6 Å². The number of unbranched alkanes of at least 4 members (excludes halogenated alkanes) is 15. The number of rotatable bonds is 25. The molecule has 0 saturated heterocycles. The van der Waals surface area contributed by atoms with Gasteiger partial charge in [0.15, 0.2) is 12.4 Å². The molecule has 6 nitrogen and oxygen atoms in total. The average molecular weight is 613 g/mol. The normalized spacial score (nSPS) is 10.5. The average Bonchev–Trinajstić information content (AvgIpc) is 2.93. The lowest BCUT2D eigenvalue weighted by atomic mass is 10.0. The van der Waals surface area contributed by atoms with E-state index < -0.39 is 6.16 Å². The summed E-state index contributed by atoms with van der Waals surface area (Å²) in [5.74, 6) is -0.251. The van der Waals surface area contributed by atoms with Gasteiger partial charge in [0.05, 0.1) is 6.61 Å². The van der Waals surface area contributed by atoms with Crippen molar-refractivity contribution < 1.29 is 45.3 Å². The SMILES string of the molecule is C=C(COC(=O)CCCCC[n+]1ccccc1)COC(=O)OCCCCCCCCCCCCCCCC.[Br-]. The van der Waals surface area contributed by atoms with E-state index >= 15 is 0 Å². The zero-order valence-electron chi connectivity index (χ0n) is 24.5. The van der Waals surface area contributed by atoms with Crippen molar-refractivity contribution in [2.45, 2.75) is 129 Å². The van der Waals surface area contributed by atoms with E-state index in [-0.39, 0.29) is 36.2 Å². The highest BCUT2D eigenvalue weighted by Gasteiger charge is 2.08. The Kier molecular flexibility index (Phi) is 26.3. The molecule has 0 aliphatic rings. The number of pyridine rings is 1. The first kappa shape index (κ1) is 37.1. The largest absolute Gasteiger partial charge is 1.00 e. The molecule has 0 amide bonds. The number of aromatic nitrogens is 1. The van der Waals surface area contributed by atoms with Crippen LogP contribution in [0.5, 0.6) is 0 Å². The third-order valence-electron chi connectivity index (χ3n) is 6.62. The summed E-state index contributed by atoms with van der Waals surface area (Å²) >= 11 is 0. The van der Waals surface area contributed by atoms with Crippen LogP contribution in [0.2, 0.25) is 0 Å². The van der Waals surface area contributed by atoms with Crippen LogP contribution in [0, 0.1) is 0 Å². The summed E-state index contributed by atoms with van der Waals surface area (Å²) in [7, 11) is 0. The predicted molar refractivity (Wildman–Crippen MR) is 153 cm³/mol. The van der Waals surface area contributed by atoms with E-state index in [1.54, 1.807) is 0 Å². The minimum atomic E-state index is -0.691. The lowest BCUT2D eigenvalue weighted by molar-refractivity contribution is -0.697. The summed E-state index contributed by atoms with van der Waals surface area (Å²) < 4.78 is 17.5. The fourth-order valence-electron chi connectivity index (χ4n) is 4.28. The summed E-state index contributed by atoms with van der Waals surface area (Å²) in [6, 6.07) is 6.01. The van der Waals surface area contributed by atoms with Crippen molar-refractivity contribution in [2.24, 2.45) is 0 Å². The van der Waals surface area contributed by atoms with Crippen molar-refractivity contribution in [2.75, 3.05) is 19.8 Å². The van der Waals surface area contributed by atoms with E-state index in [1.165, 1.54) is 77.0 Å². The van der Waals surface area contributed by atoms with Crippen LogP contribution in [0.3, 0.4) is 0 Å². The van der Waals surface area contributed by atoms with Crippen LogP contribution in [0.25, 0.3) is 0 Å². The van der Waals surface area contributed by atoms with E-state index in [1.807, 2.05) is 30.6 Å². The molecule has 0 saturated carbocycles. The van der Waals surface area contributed by atoms with Gasteiger partial charge in [-0.1, -0.05) is 103 Å². The Labute approximate surface area is 248 Å². The van der Waals surface area contributed by atoms with Gasteiger partial charge in [0.2, 0.25) is 0 Å². The molecule has 0 unspecified atom stereocenters. The molecule has 0 aliphatic carbocycles. The second kappa shape index (κ2) is 27.7. The molecule has 0 fully saturated rings. The Morgan fingerprint density at radius 2 is 1.15 bits per heavy atom. The van der Waals surface area contributed by atoms with Crippen LogP contribution >= 0.6 is 0 Å². The van der Waals surface area contributed by atoms with Crippen molar-refractivity contribution >= 4 is 12.1 Å². The van der Waals surface area contributed by atoms with E-state index in [0.717, 1.165) is 38.6 Å². The second-order valence-corrected chi connectivity index (χ2v) is 10.3. The Morgan fingerprint density at radius 3 is 1.74 bits per heavy atom. The number of halogens is 1. The Bertz CT molecular complexity index is 729. The van der Waals surface area contributed by atoms with E-state index in [9.17, 15) is 9.59 Å². The number of esters is 1. The minimum absolute atomic E-state index is 0. The maximum Gasteiger partial charge on any atom is 0.508 e. The molecule has 0 spiro atoms. The maximum absolute atomic E-state index is 11.9. The van der Waals surface area contributed by atoms with Gasteiger partial charge < -0.3 is 31.2 Å². The highest BCUT2D eigenvalue weighted by molar-refractivity contribution is 5.69. The quantitative estimate of drug-likeness (QED) is 0.0652. The van der Waals surface area contributed by atoms with Gasteiger partial charge in [-0.15, -0.1) is 0 Å². The van der Waals surface area contributed by atoms with Crippen molar-refractivity contribution in [1.82, 2.24) is 0 Å². The molecule has 39 heavy (non-hydrogen) atoms. The monoisotopic (exact) mass is 611 g/mol. The Balaban J connectivity index is 0.0000144. The number of nitrogens with zero attached hydrogens (tertiary/aromatic N) is 1. The number of ether oxygens (including phenoxy) is 3. The topological polar surface area (TPSA) is 65.7 Å². The molecule has 0 aromatic carbocycles. The summed E-state index contributed by atoms with van der Waals surface area (Å²) in [6.45, 7) is 7.45. The smallest absolute Gasteiger partial charge is 0.508 e. The van der Waals surface area contributed by atoms with Gasteiger partial charge in [-0.25, -0.2) is 9.36 Å². The first-order valence-corrected chi connectivity index (χ1v) is 15.2. The van der Waals surface area contributed by atoms with Crippen LogP contribution in [0.1, 0.15) is 122 Å². The summed E-state index contributed by atoms with van der Waals surface area (Å²) in [5.41, 5.74) is 0.535. The molecule has 0 N–H and O–H groups in total. The van der Waals surface area contributed by atoms with Gasteiger partial charge in [-0.2, -0.15) is 0 Å². The highest BCUT2D eigenvalue weighted by atomic mass is 79.9. The molecule has 1 rings (SSSR count). The molecule has 1 aromatic heterocycles. The van der Waals surface area contributed by atoms with Crippen molar-refractivity contribution in [3.05, 3.63) is 42.7 Å². The lowest BCUT2D eigenvalue weighted by Gasteiger charge is -2.09. The van der Waals surface area contributed by atoms with E-state index in [2.05, 4.69) is 18.1 Å². The van der Waals surface area contributed by atoms with Gasteiger partial charge in [-0.05, 0) is 24.8 Å². The molecule has 224 valence electrons. The molecule has 0 aliphatic heterocycles. The maximum atomic E-state index is 11.9. The van der Waals surface area contributed by atoms with Crippen molar-refractivity contribution in [3.63, 3.8) is 0 Å². The highest BCUT2D eigenvalue weighted by Crippen LogP contribution is 2.13. The van der Waals surface area contributed by atoms with Crippen LogP contribution in [0.15, 0.2) is 42.7 Å². The Morgan fingerprint density at radius 1 is 0.641 bits per heavy atom. The molecule has 0 bridgehead atoms. The van der Waals surface area contributed by atoms with Crippen molar-refractivity contribution in [1.29, 1.82) is 0 Å². The number of hydrogen-bond donors (Lipinski definition) is 0. The predicted octanol–water partition coefficient (Wildman–Crippen LogP) is 5.27. The number of carbonyl (C=O) groups excluding carboxylic acids is 2. The molecule has 0 radical (unpaired) electrons. The third-order valence-corrected chi connectivity index (χ3v) is 6.62. The molecule has 7 heteroatoms. The summed E-state index contributed by atoms with van der Waals surface area (Å²) in [4.78, 5) is 23.6. The fraction of sp³-hybridized carbons (Fsp3) is 0.719. The second-order valence-electron chi connectivity index (χ2n) is 10.3. The number of hydrogen-bond acceptors (Lipinski definition) is 5. The lowest BCUT2D eigenvalue weighted by Crippen LogP contribution is -3.00. The van der Waals surface area contributed by atoms with Gasteiger partial charge in [-0.3, -0.25) is 4.79 Å². The zero-order chi connectivity index (χ0) is 27.5. The Hall–Kier alpha value is -1.89. The molecular weight excluding hydrogens is 558 g/mol. The zero-order valence-corrected chi connectivity index (χ0v) is 26.1. The molecule has 1 aromatic rings. The number of carbonyl (C=O) groups is 2.